The van der Waals surface area contributed by atoms with Gasteiger partial charge in [0.15, 0.2) is 0 Å². The first-order chi connectivity index (χ1) is 11.6. The summed E-state index contributed by atoms with van der Waals surface area (Å²) >= 11 is 3.60. The van der Waals surface area contributed by atoms with Crippen molar-refractivity contribution in [3.8, 4) is 11.3 Å². The maximum atomic E-state index is 12.3. The Morgan fingerprint density at radius 1 is 1.42 bits per heavy atom. The maximum absolute atomic E-state index is 12.3. The van der Waals surface area contributed by atoms with Crippen molar-refractivity contribution in [2.45, 2.75) is 26.4 Å². The molecule has 0 radical (unpaired) electrons. The topological polar surface area (TPSA) is 59.0 Å². The average Bonchev–Trinajstić information content (AvgIpc) is 2.90. The number of nitrogens with zero attached hydrogens (tertiary/aromatic N) is 2. The van der Waals surface area contributed by atoms with Crippen LogP contribution in [0.25, 0.3) is 11.3 Å². The molecule has 1 aliphatic heterocycles. The molecule has 24 heavy (non-hydrogen) atoms. The molecule has 5 nitrogen and oxygen atoms in total. The van der Waals surface area contributed by atoms with Gasteiger partial charge in [-0.05, 0) is 35.0 Å². The van der Waals surface area contributed by atoms with E-state index < -0.39 is 0 Å². The molecule has 0 saturated carbocycles. The lowest BCUT2D eigenvalue weighted by Gasteiger charge is -2.28. The van der Waals surface area contributed by atoms with Gasteiger partial charge in [0.2, 0.25) is 5.91 Å². The van der Waals surface area contributed by atoms with Gasteiger partial charge in [-0.25, -0.2) is 0 Å². The third-order valence-electron chi connectivity index (χ3n) is 3.72. The van der Waals surface area contributed by atoms with Gasteiger partial charge in [-0.1, -0.05) is 43.3 Å². The first kappa shape index (κ1) is 16.5. The van der Waals surface area contributed by atoms with E-state index in [1.54, 1.807) is 0 Å². The first-order valence-corrected chi connectivity index (χ1v) is 8.68. The average molecular weight is 387 g/mol. The third-order valence-corrected chi connectivity index (χ3v) is 4.47. The largest absolute Gasteiger partial charge is 0.362 e. The zero-order valence-corrected chi connectivity index (χ0v) is 15.2. The standard InChI is InChI=1S/C18H19BrN4O/c1-3-8-13-11-14(20-13)21-18-16(19)17(12-9-6-5-7-10-12)22-23(18)15(24)4-2/h3,5-11,14,20-21H,4H2,1-2H3/b8-3-. The van der Waals surface area contributed by atoms with Crippen LogP contribution in [-0.4, -0.2) is 21.9 Å². The number of rotatable bonds is 5. The van der Waals surface area contributed by atoms with Gasteiger partial charge in [0.05, 0.1) is 4.47 Å². The molecule has 2 heterocycles. The van der Waals surface area contributed by atoms with Gasteiger partial charge in [0.25, 0.3) is 0 Å². The van der Waals surface area contributed by atoms with Crippen molar-refractivity contribution in [1.82, 2.24) is 15.1 Å². The molecule has 2 aromatic rings. The number of hydrogen-bond donors (Lipinski definition) is 2. The van der Waals surface area contributed by atoms with E-state index in [0.29, 0.717) is 12.2 Å². The van der Waals surface area contributed by atoms with E-state index in [4.69, 9.17) is 0 Å². The van der Waals surface area contributed by atoms with Crippen LogP contribution in [-0.2, 0) is 0 Å². The number of carbonyl (C=O) groups is 1. The van der Waals surface area contributed by atoms with Gasteiger partial charge in [-0.15, -0.1) is 0 Å². The Hall–Kier alpha value is -2.34. The lowest BCUT2D eigenvalue weighted by molar-refractivity contribution is 0.0896. The number of aromatic nitrogens is 2. The van der Waals surface area contributed by atoms with Crippen LogP contribution in [0.5, 0.6) is 0 Å². The van der Waals surface area contributed by atoms with Crippen molar-refractivity contribution in [1.29, 1.82) is 0 Å². The first-order valence-electron chi connectivity index (χ1n) is 7.88. The van der Waals surface area contributed by atoms with Crippen molar-refractivity contribution in [3.05, 3.63) is 58.7 Å². The Balaban J connectivity index is 1.95. The normalized spacial score (nSPS) is 16.5. The summed E-state index contributed by atoms with van der Waals surface area (Å²) in [6.07, 6.45) is 6.38. The summed E-state index contributed by atoms with van der Waals surface area (Å²) in [4.78, 5) is 12.3. The molecule has 1 unspecified atom stereocenters. The molecule has 0 bridgehead atoms. The van der Waals surface area contributed by atoms with Crippen LogP contribution in [0.3, 0.4) is 0 Å². The van der Waals surface area contributed by atoms with Gasteiger partial charge in [-0.2, -0.15) is 9.78 Å². The van der Waals surface area contributed by atoms with Crippen molar-refractivity contribution in [2.24, 2.45) is 0 Å². The fourth-order valence-corrected chi connectivity index (χ4v) is 3.09. The highest BCUT2D eigenvalue weighted by Crippen LogP contribution is 2.34. The second-order valence-corrected chi connectivity index (χ2v) is 6.22. The van der Waals surface area contributed by atoms with Crippen molar-refractivity contribution in [3.63, 3.8) is 0 Å². The predicted octanol–water partition coefficient (Wildman–Crippen LogP) is 4.16. The number of benzene rings is 1. The SMILES string of the molecule is C/C=C\C1=CC(Nc2c(Br)c(-c3ccccc3)nn2C(=O)CC)N1. The molecule has 1 aromatic carbocycles. The zero-order valence-electron chi connectivity index (χ0n) is 13.6. The maximum Gasteiger partial charge on any atom is 0.248 e. The van der Waals surface area contributed by atoms with Crippen molar-refractivity contribution < 1.29 is 4.79 Å². The number of carbonyl (C=O) groups excluding carboxylic acids is 1. The van der Waals surface area contributed by atoms with E-state index in [9.17, 15) is 4.79 Å². The molecular weight excluding hydrogens is 368 g/mol. The number of nitrogens with one attached hydrogen (secondary N) is 2. The van der Waals surface area contributed by atoms with Gasteiger partial charge >= 0.3 is 0 Å². The molecule has 0 saturated heterocycles. The molecule has 1 aromatic heterocycles. The van der Waals surface area contributed by atoms with Crippen LogP contribution in [0, 0.1) is 0 Å². The number of anilines is 1. The van der Waals surface area contributed by atoms with Crippen LogP contribution >= 0.6 is 15.9 Å². The summed E-state index contributed by atoms with van der Waals surface area (Å²) in [6.45, 7) is 3.80. The van der Waals surface area contributed by atoms with Gasteiger partial charge in [0, 0.05) is 17.7 Å². The molecule has 2 N–H and O–H groups in total. The van der Waals surface area contributed by atoms with Crippen LogP contribution in [0.2, 0.25) is 0 Å². The minimum absolute atomic E-state index is 0.0313. The number of halogens is 1. The molecule has 124 valence electrons. The van der Waals surface area contributed by atoms with E-state index in [1.165, 1.54) is 4.68 Å². The quantitative estimate of drug-likeness (QED) is 0.809. The second kappa shape index (κ2) is 7.05. The minimum Gasteiger partial charge on any atom is -0.362 e. The summed E-state index contributed by atoms with van der Waals surface area (Å²) in [5, 5.41) is 11.1. The highest BCUT2D eigenvalue weighted by atomic mass is 79.9. The molecule has 3 rings (SSSR count). The van der Waals surface area contributed by atoms with Gasteiger partial charge in [-0.3, -0.25) is 4.79 Å². The summed E-state index contributed by atoms with van der Waals surface area (Å²) in [7, 11) is 0. The number of hydrogen-bond acceptors (Lipinski definition) is 4. The van der Waals surface area contributed by atoms with Crippen molar-refractivity contribution in [2.75, 3.05) is 5.32 Å². The zero-order chi connectivity index (χ0) is 17.1. The minimum atomic E-state index is -0.0580. The van der Waals surface area contributed by atoms with Crippen LogP contribution in [0.1, 0.15) is 25.1 Å². The van der Waals surface area contributed by atoms with Gasteiger partial charge in [0.1, 0.15) is 17.7 Å². The van der Waals surface area contributed by atoms with Crippen molar-refractivity contribution >= 4 is 27.7 Å². The predicted molar refractivity (Wildman–Crippen MR) is 99.7 cm³/mol. The third kappa shape index (κ3) is 3.14. The summed E-state index contributed by atoms with van der Waals surface area (Å²) in [6, 6.07) is 9.81. The highest BCUT2D eigenvalue weighted by molar-refractivity contribution is 9.10. The Kier molecular flexibility index (Phi) is 4.85. The molecule has 6 heteroatoms. The van der Waals surface area contributed by atoms with E-state index in [1.807, 2.05) is 56.3 Å². The fourth-order valence-electron chi connectivity index (χ4n) is 2.50. The lowest BCUT2D eigenvalue weighted by Crippen LogP contribution is -2.42. The lowest BCUT2D eigenvalue weighted by atomic mass is 10.1. The Morgan fingerprint density at radius 2 is 2.12 bits per heavy atom. The Bertz CT molecular complexity index is 808. The fraction of sp³-hybridized carbons (Fsp3) is 0.222. The van der Waals surface area contributed by atoms with E-state index in [0.717, 1.165) is 21.4 Å². The smallest absolute Gasteiger partial charge is 0.248 e. The molecule has 0 spiro atoms. The summed E-state index contributed by atoms with van der Waals surface area (Å²) in [5.41, 5.74) is 2.76. The van der Waals surface area contributed by atoms with Crippen LogP contribution in [0.15, 0.2) is 58.7 Å². The van der Waals surface area contributed by atoms with E-state index >= 15 is 0 Å². The molecule has 1 atom stereocenters. The summed E-state index contributed by atoms with van der Waals surface area (Å²) < 4.78 is 2.22. The molecule has 0 fully saturated rings. The Morgan fingerprint density at radius 3 is 2.75 bits per heavy atom. The van der Waals surface area contributed by atoms with Crippen LogP contribution in [0.4, 0.5) is 5.82 Å². The number of allylic oxidation sites excluding steroid dienone is 2. The highest BCUT2D eigenvalue weighted by Gasteiger charge is 2.24. The molecule has 0 amide bonds. The van der Waals surface area contributed by atoms with E-state index in [2.05, 4.69) is 37.7 Å². The molecule has 0 aliphatic carbocycles. The molecule has 1 aliphatic rings. The van der Waals surface area contributed by atoms with Gasteiger partial charge < -0.3 is 10.6 Å². The second-order valence-electron chi connectivity index (χ2n) is 5.42. The monoisotopic (exact) mass is 386 g/mol. The van der Waals surface area contributed by atoms with Crippen LogP contribution < -0.4 is 10.6 Å². The summed E-state index contributed by atoms with van der Waals surface area (Å²) in [5.74, 6) is 0.603. The Labute approximate surface area is 149 Å². The molecular formula is C18H19BrN4O. The van der Waals surface area contributed by atoms with E-state index in [-0.39, 0.29) is 12.1 Å².